The highest BCUT2D eigenvalue weighted by Gasteiger charge is 2.29. The third-order valence-electron chi connectivity index (χ3n) is 5.67. The second-order valence-electron chi connectivity index (χ2n) is 7.96. The van der Waals surface area contributed by atoms with Gasteiger partial charge in [0.25, 0.3) is 0 Å². The highest BCUT2D eigenvalue weighted by molar-refractivity contribution is 5.83. The van der Waals surface area contributed by atoms with Gasteiger partial charge in [-0.2, -0.15) is 0 Å². The summed E-state index contributed by atoms with van der Waals surface area (Å²) in [4.78, 5) is 35.3. The minimum atomic E-state index is -1.02. The van der Waals surface area contributed by atoms with Gasteiger partial charge in [-0.3, -0.25) is 4.79 Å². The van der Waals surface area contributed by atoms with Gasteiger partial charge in [-0.25, -0.2) is 9.59 Å². The molecule has 2 amide bonds. The lowest BCUT2D eigenvalue weighted by molar-refractivity contribution is -0.142. The Balaban J connectivity index is 1.41. The van der Waals surface area contributed by atoms with Crippen LogP contribution in [0.3, 0.4) is 0 Å². The summed E-state index contributed by atoms with van der Waals surface area (Å²) in [5.41, 5.74) is 4.63. The summed E-state index contributed by atoms with van der Waals surface area (Å²) in [5, 5.41) is 14.4. The molecule has 0 aliphatic heterocycles. The van der Waals surface area contributed by atoms with E-state index in [-0.39, 0.29) is 31.4 Å². The van der Waals surface area contributed by atoms with E-state index >= 15 is 0 Å². The predicted molar refractivity (Wildman–Crippen MR) is 121 cm³/mol. The van der Waals surface area contributed by atoms with Crippen LogP contribution in [-0.2, 0) is 14.3 Å². The number of hydrogen-bond acceptors (Lipinski definition) is 4. The quantitative estimate of drug-likeness (QED) is 0.459. The van der Waals surface area contributed by atoms with E-state index < -0.39 is 18.1 Å². The van der Waals surface area contributed by atoms with Crippen LogP contribution in [-0.4, -0.2) is 42.3 Å². The third-order valence-corrected chi connectivity index (χ3v) is 5.67. The van der Waals surface area contributed by atoms with Gasteiger partial charge in [0.15, 0.2) is 0 Å². The number of carboxylic acid groups (broad SMARTS) is 1. The van der Waals surface area contributed by atoms with Crippen LogP contribution in [0.25, 0.3) is 11.1 Å². The first-order chi connectivity index (χ1) is 15.5. The van der Waals surface area contributed by atoms with E-state index in [4.69, 9.17) is 4.74 Å². The van der Waals surface area contributed by atoms with Crippen molar-refractivity contribution >= 4 is 18.0 Å². The molecule has 0 saturated carbocycles. The molecule has 7 heteroatoms. The zero-order valence-corrected chi connectivity index (χ0v) is 18.3. The van der Waals surface area contributed by atoms with Crippen LogP contribution in [0.4, 0.5) is 4.79 Å². The summed E-state index contributed by atoms with van der Waals surface area (Å²) in [5.74, 6) is -1.36. The number of alkyl carbamates (subject to hydrolysis) is 1. The number of ether oxygens (including phenoxy) is 1. The normalized spacial score (nSPS) is 13.0. The first-order valence-corrected chi connectivity index (χ1v) is 11.1. The third kappa shape index (κ3) is 5.87. The maximum atomic E-state index is 12.1. The second kappa shape index (κ2) is 11.3. The van der Waals surface area contributed by atoms with Crippen molar-refractivity contribution in [2.24, 2.45) is 0 Å². The summed E-state index contributed by atoms with van der Waals surface area (Å²) in [6, 6.07) is 15.4. The zero-order chi connectivity index (χ0) is 22.9. The Labute approximate surface area is 188 Å². The number of fused-ring (bicyclic) bond motifs is 3. The number of aliphatic carboxylic acids is 1. The van der Waals surface area contributed by atoms with E-state index in [9.17, 15) is 19.5 Å². The summed E-state index contributed by atoms with van der Waals surface area (Å²) in [7, 11) is 0. The lowest BCUT2D eigenvalue weighted by Gasteiger charge is -2.15. The van der Waals surface area contributed by atoms with Crippen molar-refractivity contribution < 1.29 is 24.2 Å². The fraction of sp³-hybridized carbons (Fsp3) is 0.400. The Hall–Kier alpha value is -3.35. The van der Waals surface area contributed by atoms with E-state index in [1.54, 1.807) is 0 Å². The fourth-order valence-electron chi connectivity index (χ4n) is 4.02. The largest absolute Gasteiger partial charge is 0.480 e. The Morgan fingerprint density at radius 1 is 1.00 bits per heavy atom. The molecule has 32 heavy (non-hydrogen) atoms. The SMILES string of the molecule is CCCC[C@H](NC(=O)CCCNC(=O)OCC1c2ccccc2-c2ccccc21)C(=O)O. The van der Waals surface area contributed by atoms with Crippen molar-refractivity contribution in [3.63, 3.8) is 0 Å². The number of carboxylic acids is 1. The molecule has 1 aliphatic rings. The number of carbonyl (C=O) groups is 3. The summed E-state index contributed by atoms with van der Waals surface area (Å²) < 4.78 is 5.46. The number of hydrogen-bond donors (Lipinski definition) is 3. The Bertz CT molecular complexity index is 913. The molecule has 1 aliphatic carbocycles. The van der Waals surface area contributed by atoms with Crippen LogP contribution < -0.4 is 10.6 Å². The molecule has 2 aromatic carbocycles. The molecule has 3 N–H and O–H groups in total. The van der Waals surface area contributed by atoms with Gasteiger partial charge in [0, 0.05) is 18.9 Å². The molecular formula is C25H30N2O5. The lowest BCUT2D eigenvalue weighted by Crippen LogP contribution is -2.40. The minimum absolute atomic E-state index is 0.00463. The van der Waals surface area contributed by atoms with E-state index in [0.29, 0.717) is 12.8 Å². The van der Waals surface area contributed by atoms with Crippen molar-refractivity contribution in [3.8, 4) is 11.1 Å². The summed E-state index contributed by atoms with van der Waals surface area (Å²) >= 11 is 0. The average Bonchev–Trinajstić information content (AvgIpc) is 3.11. The molecule has 3 rings (SSSR count). The van der Waals surface area contributed by atoms with Crippen LogP contribution >= 0.6 is 0 Å². The van der Waals surface area contributed by atoms with Gasteiger partial charge < -0.3 is 20.5 Å². The van der Waals surface area contributed by atoms with E-state index in [1.807, 2.05) is 31.2 Å². The molecule has 0 radical (unpaired) electrons. The smallest absolute Gasteiger partial charge is 0.407 e. The van der Waals surface area contributed by atoms with Gasteiger partial charge in [-0.05, 0) is 35.1 Å². The molecule has 1 atom stereocenters. The van der Waals surface area contributed by atoms with Crippen LogP contribution in [0.15, 0.2) is 48.5 Å². The maximum absolute atomic E-state index is 12.1. The average molecular weight is 439 g/mol. The molecular weight excluding hydrogens is 408 g/mol. The Morgan fingerprint density at radius 2 is 1.62 bits per heavy atom. The highest BCUT2D eigenvalue weighted by atomic mass is 16.5. The van der Waals surface area contributed by atoms with Gasteiger partial charge >= 0.3 is 12.1 Å². The van der Waals surface area contributed by atoms with Gasteiger partial charge in [0.1, 0.15) is 12.6 Å². The number of amides is 2. The molecule has 0 fully saturated rings. The maximum Gasteiger partial charge on any atom is 0.407 e. The molecule has 0 heterocycles. The van der Waals surface area contributed by atoms with E-state index in [1.165, 1.54) is 11.1 Å². The van der Waals surface area contributed by atoms with Crippen LogP contribution in [0, 0.1) is 0 Å². The molecule has 0 bridgehead atoms. The molecule has 0 unspecified atom stereocenters. The Kier molecular flexibility index (Phi) is 8.25. The molecule has 7 nitrogen and oxygen atoms in total. The van der Waals surface area contributed by atoms with E-state index in [0.717, 1.165) is 24.0 Å². The fourth-order valence-corrected chi connectivity index (χ4v) is 4.02. The minimum Gasteiger partial charge on any atom is -0.480 e. The van der Waals surface area contributed by atoms with E-state index in [2.05, 4.69) is 34.9 Å². The van der Waals surface area contributed by atoms with Crippen molar-refractivity contribution in [2.75, 3.05) is 13.2 Å². The van der Waals surface area contributed by atoms with Crippen LogP contribution in [0.2, 0.25) is 0 Å². The van der Waals surface area contributed by atoms with Crippen molar-refractivity contribution in [2.45, 2.75) is 51.0 Å². The lowest BCUT2D eigenvalue weighted by atomic mass is 9.98. The number of carbonyl (C=O) groups excluding carboxylic acids is 2. The standard InChI is InChI=1S/C25H30N2O5/c1-2-3-13-22(24(29)30)27-23(28)14-8-15-26-25(31)32-16-21-19-11-6-4-9-17(19)18-10-5-7-12-20(18)21/h4-7,9-12,21-22H,2-3,8,13-16H2,1H3,(H,26,31)(H,27,28)(H,29,30)/t22-/m0/s1. The number of nitrogens with one attached hydrogen (secondary N) is 2. The first-order valence-electron chi connectivity index (χ1n) is 11.1. The summed E-state index contributed by atoms with van der Waals surface area (Å²) in [6.45, 7) is 2.48. The Morgan fingerprint density at radius 3 is 2.22 bits per heavy atom. The van der Waals surface area contributed by atoms with Crippen molar-refractivity contribution in [1.82, 2.24) is 10.6 Å². The second-order valence-corrected chi connectivity index (χ2v) is 7.96. The monoisotopic (exact) mass is 438 g/mol. The van der Waals surface area contributed by atoms with Crippen molar-refractivity contribution in [3.05, 3.63) is 59.7 Å². The zero-order valence-electron chi connectivity index (χ0n) is 18.3. The number of unbranched alkanes of at least 4 members (excludes halogenated alkanes) is 1. The van der Waals surface area contributed by atoms with Gasteiger partial charge in [0.2, 0.25) is 5.91 Å². The van der Waals surface area contributed by atoms with Gasteiger partial charge in [-0.15, -0.1) is 0 Å². The summed E-state index contributed by atoms with van der Waals surface area (Å²) in [6.07, 6.45) is 2.02. The molecule has 0 saturated heterocycles. The molecule has 0 aromatic heterocycles. The van der Waals surface area contributed by atoms with Crippen molar-refractivity contribution in [1.29, 1.82) is 0 Å². The molecule has 2 aromatic rings. The highest BCUT2D eigenvalue weighted by Crippen LogP contribution is 2.44. The van der Waals surface area contributed by atoms with Crippen LogP contribution in [0.5, 0.6) is 0 Å². The first kappa shape index (κ1) is 23.3. The predicted octanol–water partition coefficient (Wildman–Crippen LogP) is 4.06. The number of rotatable bonds is 11. The van der Waals surface area contributed by atoms with Gasteiger partial charge in [0.05, 0.1) is 0 Å². The number of benzene rings is 2. The topological polar surface area (TPSA) is 105 Å². The van der Waals surface area contributed by atoms with Crippen LogP contribution in [0.1, 0.15) is 56.1 Å². The van der Waals surface area contributed by atoms with Gasteiger partial charge in [-0.1, -0.05) is 68.3 Å². The molecule has 170 valence electrons. The molecule has 0 spiro atoms.